The van der Waals surface area contributed by atoms with E-state index in [0.717, 1.165) is 11.3 Å². The monoisotopic (exact) mass is 368 g/mol. The van der Waals surface area contributed by atoms with Crippen LogP contribution in [0.1, 0.15) is 12.0 Å². The number of amides is 1. The van der Waals surface area contributed by atoms with E-state index in [1.54, 1.807) is 18.0 Å². The zero-order chi connectivity index (χ0) is 16.7. The van der Waals surface area contributed by atoms with Crippen LogP contribution >= 0.6 is 24.0 Å². The first kappa shape index (κ1) is 20.1. The average molecular weight is 369 g/mol. The van der Waals surface area contributed by atoms with Crippen molar-refractivity contribution in [3.8, 4) is 5.75 Å². The van der Waals surface area contributed by atoms with Crippen molar-refractivity contribution in [3.63, 3.8) is 0 Å². The number of anilines is 1. The molecule has 0 spiro atoms. The highest BCUT2D eigenvalue weighted by molar-refractivity contribution is 6.32. The number of benzene rings is 2. The SMILES string of the molecule is CN(CCOc1ccccc1Cl)C(=O)CCc1ccccc1N.Cl. The second-order valence-corrected chi connectivity index (χ2v) is 5.70. The molecule has 0 radical (unpaired) electrons. The lowest BCUT2D eigenvalue weighted by Gasteiger charge is -2.18. The van der Waals surface area contributed by atoms with E-state index in [-0.39, 0.29) is 18.3 Å². The zero-order valence-corrected chi connectivity index (χ0v) is 15.1. The van der Waals surface area contributed by atoms with Crippen molar-refractivity contribution in [3.05, 3.63) is 59.1 Å². The number of nitrogen functional groups attached to an aromatic ring is 1. The van der Waals surface area contributed by atoms with Crippen molar-refractivity contribution in [1.82, 2.24) is 4.90 Å². The number of carbonyl (C=O) groups is 1. The molecular formula is C18H22Cl2N2O2. The fourth-order valence-electron chi connectivity index (χ4n) is 2.17. The number of nitrogens with zero attached hydrogens (tertiary/aromatic N) is 1. The van der Waals surface area contributed by atoms with Crippen LogP contribution in [-0.4, -0.2) is 31.0 Å². The maximum absolute atomic E-state index is 12.1. The highest BCUT2D eigenvalue weighted by atomic mass is 35.5. The molecule has 4 nitrogen and oxygen atoms in total. The topological polar surface area (TPSA) is 55.6 Å². The number of likely N-dealkylation sites (N-methyl/N-ethyl adjacent to an activating group) is 1. The molecule has 0 atom stereocenters. The molecule has 0 heterocycles. The quantitative estimate of drug-likeness (QED) is 0.755. The van der Waals surface area contributed by atoms with Gasteiger partial charge in [0.2, 0.25) is 5.91 Å². The van der Waals surface area contributed by atoms with Gasteiger partial charge in [-0.1, -0.05) is 41.9 Å². The van der Waals surface area contributed by atoms with Gasteiger partial charge in [0.15, 0.2) is 0 Å². The summed E-state index contributed by atoms with van der Waals surface area (Å²) < 4.78 is 5.59. The Labute approximate surface area is 154 Å². The lowest BCUT2D eigenvalue weighted by Crippen LogP contribution is -2.31. The van der Waals surface area contributed by atoms with Gasteiger partial charge in [0.25, 0.3) is 0 Å². The third-order valence-electron chi connectivity index (χ3n) is 3.61. The number of aryl methyl sites for hydroxylation is 1. The molecule has 0 aromatic heterocycles. The van der Waals surface area contributed by atoms with Gasteiger partial charge in [-0.05, 0) is 30.2 Å². The summed E-state index contributed by atoms with van der Waals surface area (Å²) in [6.07, 6.45) is 1.07. The minimum absolute atomic E-state index is 0. The number of para-hydroxylation sites is 2. The third kappa shape index (κ3) is 5.95. The van der Waals surface area contributed by atoms with Crippen LogP contribution in [0.2, 0.25) is 5.02 Å². The predicted octanol–water partition coefficient (Wildman–Crippen LogP) is 3.81. The van der Waals surface area contributed by atoms with Crippen LogP contribution in [0, 0.1) is 0 Å². The fraction of sp³-hybridized carbons (Fsp3) is 0.278. The maximum Gasteiger partial charge on any atom is 0.222 e. The Hall–Kier alpha value is -1.91. The van der Waals surface area contributed by atoms with E-state index in [2.05, 4.69) is 0 Å². The molecule has 0 aliphatic carbocycles. The second kappa shape index (κ2) is 10.1. The van der Waals surface area contributed by atoms with Gasteiger partial charge >= 0.3 is 0 Å². The number of halogens is 2. The maximum atomic E-state index is 12.1. The van der Waals surface area contributed by atoms with Gasteiger partial charge in [0, 0.05) is 19.2 Å². The Kier molecular flexibility index (Phi) is 8.44. The van der Waals surface area contributed by atoms with Gasteiger partial charge < -0.3 is 15.4 Å². The highest BCUT2D eigenvalue weighted by Gasteiger charge is 2.10. The molecule has 0 aliphatic rings. The first-order chi connectivity index (χ1) is 11.1. The molecule has 24 heavy (non-hydrogen) atoms. The summed E-state index contributed by atoms with van der Waals surface area (Å²) in [5.41, 5.74) is 7.61. The fourth-order valence-corrected chi connectivity index (χ4v) is 2.36. The highest BCUT2D eigenvalue weighted by Crippen LogP contribution is 2.22. The molecular weight excluding hydrogens is 347 g/mol. The number of carbonyl (C=O) groups excluding carboxylic acids is 1. The molecule has 0 fully saturated rings. The van der Waals surface area contributed by atoms with Gasteiger partial charge in [0.05, 0.1) is 11.6 Å². The number of hydrogen-bond acceptors (Lipinski definition) is 3. The summed E-state index contributed by atoms with van der Waals surface area (Å²) in [6.45, 7) is 0.910. The van der Waals surface area contributed by atoms with Crippen LogP contribution in [-0.2, 0) is 11.2 Å². The van der Waals surface area contributed by atoms with E-state index >= 15 is 0 Å². The molecule has 2 N–H and O–H groups in total. The minimum atomic E-state index is 0. The largest absolute Gasteiger partial charge is 0.490 e. The van der Waals surface area contributed by atoms with Crippen molar-refractivity contribution in [1.29, 1.82) is 0 Å². The smallest absolute Gasteiger partial charge is 0.222 e. The van der Waals surface area contributed by atoms with Crippen molar-refractivity contribution in [2.24, 2.45) is 0 Å². The summed E-state index contributed by atoms with van der Waals surface area (Å²) in [5.74, 6) is 0.697. The molecule has 1 amide bonds. The van der Waals surface area contributed by atoms with E-state index in [0.29, 0.717) is 36.8 Å². The number of ether oxygens (including phenoxy) is 1. The first-order valence-electron chi connectivity index (χ1n) is 7.52. The molecule has 6 heteroatoms. The average Bonchev–Trinajstić information content (AvgIpc) is 2.55. The summed E-state index contributed by atoms with van der Waals surface area (Å²) in [4.78, 5) is 13.8. The van der Waals surface area contributed by atoms with Gasteiger partial charge in [-0.2, -0.15) is 0 Å². The first-order valence-corrected chi connectivity index (χ1v) is 7.90. The minimum Gasteiger partial charge on any atom is -0.490 e. The molecule has 130 valence electrons. The molecule has 0 aliphatic heterocycles. The van der Waals surface area contributed by atoms with E-state index in [1.165, 1.54) is 0 Å². The van der Waals surface area contributed by atoms with Crippen LogP contribution in [0.4, 0.5) is 5.69 Å². The van der Waals surface area contributed by atoms with Crippen LogP contribution < -0.4 is 10.5 Å². The third-order valence-corrected chi connectivity index (χ3v) is 3.92. The van der Waals surface area contributed by atoms with E-state index in [1.807, 2.05) is 42.5 Å². The summed E-state index contributed by atoms with van der Waals surface area (Å²) >= 11 is 6.02. The van der Waals surface area contributed by atoms with Gasteiger partial charge in [-0.15, -0.1) is 12.4 Å². The van der Waals surface area contributed by atoms with Gasteiger partial charge in [-0.25, -0.2) is 0 Å². The van der Waals surface area contributed by atoms with Crippen molar-refractivity contribution in [2.75, 3.05) is 25.9 Å². The Morgan fingerprint density at radius 2 is 1.83 bits per heavy atom. The molecule has 0 unspecified atom stereocenters. The summed E-state index contributed by atoms with van der Waals surface area (Å²) in [6, 6.07) is 14.9. The number of hydrogen-bond donors (Lipinski definition) is 1. The van der Waals surface area contributed by atoms with E-state index < -0.39 is 0 Å². The van der Waals surface area contributed by atoms with Crippen molar-refractivity contribution >= 4 is 35.6 Å². The Morgan fingerprint density at radius 3 is 2.54 bits per heavy atom. The molecule has 2 rings (SSSR count). The summed E-state index contributed by atoms with van der Waals surface area (Å²) in [7, 11) is 1.77. The lowest BCUT2D eigenvalue weighted by atomic mass is 10.1. The Morgan fingerprint density at radius 1 is 1.17 bits per heavy atom. The van der Waals surface area contributed by atoms with Gasteiger partial charge in [0.1, 0.15) is 12.4 Å². The molecule has 0 saturated carbocycles. The zero-order valence-electron chi connectivity index (χ0n) is 13.6. The standard InChI is InChI=1S/C18H21ClN2O2.ClH/c1-21(12-13-23-17-9-5-3-7-15(17)19)18(22)11-10-14-6-2-4-8-16(14)20;/h2-9H,10-13,20H2,1H3;1H. The molecule has 2 aromatic carbocycles. The lowest BCUT2D eigenvalue weighted by molar-refractivity contribution is -0.130. The van der Waals surface area contributed by atoms with Gasteiger partial charge in [-0.3, -0.25) is 4.79 Å². The second-order valence-electron chi connectivity index (χ2n) is 5.29. The van der Waals surface area contributed by atoms with Crippen molar-refractivity contribution < 1.29 is 9.53 Å². The van der Waals surface area contributed by atoms with E-state index in [4.69, 9.17) is 22.1 Å². The molecule has 0 saturated heterocycles. The number of nitrogens with two attached hydrogens (primary N) is 1. The normalized spacial score (nSPS) is 9.92. The van der Waals surface area contributed by atoms with Crippen LogP contribution in [0.15, 0.2) is 48.5 Å². The number of rotatable bonds is 7. The Bertz CT molecular complexity index is 665. The predicted molar refractivity (Wildman–Crippen MR) is 101 cm³/mol. The van der Waals surface area contributed by atoms with Crippen LogP contribution in [0.5, 0.6) is 5.75 Å². The summed E-state index contributed by atoms with van der Waals surface area (Å²) in [5, 5.41) is 0.570. The van der Waals surface area contributed by atoms with Crippen LogP contribution in [0.25, 0.3) is 0 Å². The van der Waals surface area contributed by atoms with Crippen molar-refractivity contribution in [2.45, 2.75) is 12.8 Å². The Balaban J connectivity index is 0.00000288. The van der Waals surface area contributed by atoms with Crippen LogP contribution in [0.3, 0.4) is 0 Å². The van der Waals surface area contributed by atoms with E-state index in [9.17, 15) is 4.79 Å². The molecule has 2 aromatic rings. The molecule has 0 bridgehead atoms.